The van der Waals surface area contributed by atoms with Crippen molar-refractivity contribution in [2.75, 3.05) is 6.54 Å². The molecule has 0 saturated carbocycles. The van der Waals surface area contributed by atoms with Crippen molar-refractivity contribution in [3.8, 4) is 0 Å². The number of allylic oxidation sites excluding steroid dienone is 1. The number of nitrogens with zero attached hydrogens (tertiary/aromatic N) is 4. The third kappa shape index (κ3) is 9.07. The number of aliphatic hydroxyl groups is 1. The maximum atomic E-state index is 12.1. The number of thioether (sulfide) groups is 1. The zero-order chi connectivity index (χ0) is 24.4. The van der Waals surface area contributed by atoms with Crippen molar-refractivity contribution in [3.05, 3.63) is 70.7 Å². The van der Waals surface area contributed by atoms with Gasteiger partial charge < -0.3 is 9.52 Å². The Bertz CT molecular complexity index is 1060. The second-order valence-electron chi connectivity index (χ2n) is 7.68. The van der Waals surface area contributed by atoms with E-state index in [-0.39, 0.29) is 5.82 Å². The Labute approximate surface area is 203 Å². The molecule has 1 aromatic carbocycles. The normalized spacial score (nSPS) is 14.8. The summed E-state index contributed by atoms with van der Waals surface area (Å²) in [6.45, 7) is 9.51. The molecule has 2 heterocycles. The van der Waals surface area contributed by atoms with Gasteiger partial charge >= 0.3 is 0 Å². The molecule has 0 saturated heterocycles. The van der Waals surface area contributed by atoms with E-state index >= 15 is 0 Å². The van der Waals surface area contributed by atoms with Crippen LogP contribution in [0.25, 0.3) is 0 Å². The summed E-state index contributed by atoms with van der Waals surface area (Å²) in [4.78, 5) is 17.3. The van der Waals surface area contributed by atoms with Crippen LogP contribution in [0.4, 0.5) is 4.39 Å². The molecule has 0 unspecified atom stereocenters. The Hall–Kier alpha value is -2.55. The van der Waals surface area contributed by atoms with Gasteiger partial charge in [0.1, 0.15) is 17.2 Å². The van der Waals surface area contributed by atoms with Crippen LogP contribution in [0.2, 0.25) is 0 Å². The molecule has 1 N–H and O–H groups in total. The van der Waals surface area contributed by atoms with Crippen molar-refractivity contribution in [2.45, 2.75) is 51.7 Å². The van der Waals surface area contributed by atoms with Gasteiger partial charge in [-0.1, -0.05) is 36.2 Å². The van der Waals surface area contributed by atoms with E-state index in [0.717, 1.165) is 22.6 Å². The summed E-state index contributed by atoms with van der Waals surface area (Å²) in [5.74, 6) is -0.171. The third-order valence-corrected chi connectivity index (χ3v) is 5.51. The lowest BCUT2D eigenvalue weighted by Gasteiger charge is -2.18. The molecule has 9 heteroatoms. The number of hydrogen-bond acceptors (Lipinski definition) is 7. The molecule has 0 spiro atoms. The number of rotatable bonds is 5. The summed E-state index contributed by atoms with van der Waals surface area (Å²) in [6.07, 6.45) is 6.99. The minimum absolute atomic E-state index is 0.171. The Morgan fingerprint density at radius 2 is 2.03 bits per heavy atom. The number of aliphatic imine (C=N–C) groups is 3. The SMILES string of the molecule is CCC(=N/C=C(\C)Cl)Sc1ocnc1C1=NC=C(C(C)(C)O)CN=C1.Cc1ccc(F)cc1. The smallest absolute Gasteiger partial charge is 0.196 e. The van der Waals surface area contributed by atoms with Gasteiger partial charge in [-0.15, -0.1) is 0 Å². The van der Waals surface area contributed by atoms with E-state index in [4.69, 9.17) is 16.0 Å². The Morgan fingerprint density at radius 1 is 1.33 bits per heavy atom. The summed E-state index contributed by atoms with van der Waals surface area (Å²) in [5.41, 5.74) is 2.03. The first-order chi connectivity index (χ1) is 15.6. The molecular formula is C24H28ClFN4O2S. The highest BCUT2D eigenvalue weighted by atomic mass is 35.5. The second kappa shape index (κ2) is 12.6. The summed E-state index contributed by atoms with van der Waals surface area (Å²) in [7, 11) is 0. The van der Waals surface area contributed by atoms with Crippen LogP contribution in [0.1, 0.15) is 45.4 Å². The minimum Gasteiger partial charge on any atom is -0.436 e. The number of oxazole rings is 1. The van der Waals surface area contributed by atoms with Crippen molar-refractivity contribution in [1.29, 1.82) is 0 Å². The number of benzene rings is 1. The van der Waals surface area contributed by atoms with Crippen LogP contribution < -0.4 is 0 Å². The maximum Gasteiger partial charge on any atom is 0.196 e. The molecule has 0 atom stereocenters. The van der Waals surface area contributed by atoms with Crippen LogP contribution in [0.5, 0.6) is 0 Å². The van der Waals surface area contributed by atoms with E-state index in [1.54, 1.807) is 51.5 Å². The molecular weight excluding hydrogens is 463 g/mol. The van der Waals surface area contributed by atoms with Gasteiger partial charge in [0.2, 0.25) is 0 Å². The highest BCUT2D eigenvalue weighted by Crippen LogP contribution is 2.26. The lowest BCUT2D eigenvalue weighted by atomic mass is 9.99. The van der Waals surface area contributed by atoms with Gasteiger partial charge in [0, 0.05) is 29.2 Å². The van der Waals surface area contributed by atoms with E-state index in [2.05, 4.69) is 20.0 Å². The maximum absolute atomic E-state index is 12.1. The van der Waals surface area contributed by atoms with Gasteiger partial charge in [-0.3, -0.25) is 15.0 Å². The second-order valence-corrected chi connectivity index (χ2v) is 9.32. The number of halogens is 2. The Balaban J connectivity index is 0.000000405. The first-order valence-corrected chi connectivity index (χ1v) is 11.5. The van der Waals surface area contributed by atoms with Crippen LogP contribution in [-0.2, 0) is 0 Å². The van der Waals surface area contributed by atoms with E-state index in [0.29, 0.717) is 28.1 Å². The highest BCUT2D eigenvalue weighted by molar-refractivity contribution is 8.13. The fourth-order valence-corrected chi connectivity index (χ4v) is 3.25. The van der Waals surface area contributed by atoms with Gasteiger partial charge in [0.15, 0.2) is 11.5 Å². The molecule has 3 rings (SSSR count). The first kappa shape index (κ1) is 26.7. The number of aromatic nitrogens is 1. The quantitative estimate of drug-likeness (QED) is 0.301. The molecule has 0 fully saturated rings. The highest BCUT2D eigenvalue weighted by Gasteiger charge is 2.21. The molecule has 2 aromatic rings. The fourth-order valence-electron chi connectivity index (χ4n) is 2.40. The van der Waals surface area contributed by atoms with Gasteiger partial charge in [-0.05, 0) is 58.0 Å². The molecule has 0 aliphatic carbocycles. The molecule has 1 aliphatic heterocycles. The molecule has 0 bridgehead atoms. The van der Waals surface area contributed by atoms with Crippen LogP contribution in [-0.4, -0.2) is 39.2 Å². The average Bonchev–Trinajstić information content (AvgIpc) is 3.06. The van der Waals surface area contributed by atoms with Crippen LogP contribution in [0.15, 0.2) is 78.2 Å². The van der Waals surface area contributed by atoms with Gasteiger partial charge in [0.25, 0.3) is 0 Å². The van der Waals surface area contributed by atoms with E-state index in [9.17, 15) is 9.50 Å². The van der Waals surface area contributed by atoms with Crippen molar-refractivity contribution in [3.63, 3.8) is 0 Å². The Kier molecular flexibility index (Phi) is 10.2. The molecule has 6 nitrogen and oxygen atoms in total. The largest absolute Gasteiger partial charge is 0.436 e. The van der Waals surface area contributed by atoms with Crippen LogP contribution in [0.3, 0.4) is 0 Å². The minimum atomic E-state index is -0.967. The Morgan fingerprint density at radius 3 is 2.61 bits per heavy atom. The molecule has 1 aromatic heterocycles. The zero-order valence-electron chi connectivity index (χ0n) is 19.3. The third-order valence-electron chi connectivity index (χ3n) is 4.31. The summed E-state index contributed by atoms with van der Waals surface area (Å²) in [6, 6.07) is 6.40. The van der Waals surface area contributed by atoms with E-state index in [1.807, 2.05) is 13.8 Å². The predicted octanol–water partition coefficient (Wildman–Crippen LogP) is 6.34. The lowest BCUT2D eigenvalue weighted by Crippen LogP contribution is -2.23. The summed E-state index contributed by atoms with van der Waals surface area (Å²) >= 11 is 7.20. The summed E-state index contributed by atoms with van der Waals surface area (Å²) < 4.78 is 17.6. The summed E-state index contributed by atoms with van der Waals surface area (Å²) in [5, 5.41) is 12.2. The molecule has 0 radical (unpaired) electrons. The topological polar surface area (TPSA) is 83.3 Å². The number of aryl methyl sites for hydroxylation is 1. The van der Waals surface area contributed by atoms with Gasteiger partial charge in [0.05, 0.1) is 17.2 Å². The predicted molar refractivity (Wildman–Crippen MR) is 135 cm³/mol. The zero-order valence-corrected chi connectivity index (χ0v) is 20.9. The van der Waals surface area contributed by atoms with Gasteiger partial charge in [-0.25, -0.2) is 9.37 Å². The monoisotopic (exact) mass is 490 g/mol. The van der Waals surface area contributed by atoms with Crippen LogP contribution in [0, 0.1) is 12.7 Å². The van der Waals surface area contributed by atoms with E-state index in [1.165, 1.54) is 30.3 Å². The van der Waals surface area contributed by atoms with Crippen molar-refractivity contribution < 1.29 is 13.9 Å². The van der Waals surface area contributed by atoms with Gasteiger partial charge in [-0.2, -0.15) is 0 Å². The lowest BCUT2D eigenvalue weighted by molar-refractivity contribution is 0.118. The van der Waals surface area contributed by atoms with Crippen molar-refractivity contribution >= 4 is 40.3 Å². The molecule has 0 amide bonds. The fraction of sp³-hybridized carbons (Fsp3) is 0.333. The average molecular weight is 491 g/mol. The molecule has 176 valence electrons. The standard InChI is InChI=1S/C17H21ClN4O2S.C7H7F/c1-5-14(21-6-11(2)18)25-16-15(22-10-24-16)13-9-19-7-12(8-20-13)17(3,4)23;1-6-2-4-7(8)5-3-6/h6,8-10,23H,5,7H2,1-4H3;2-5H,1H3/b11-6+,21-14?;. The van der Waals surface area contributed by atoms with Crippen LogP contribution >= 0.6 is 23.4 Å². The molecule has 1 aliphatic rings. The van der Waals surface area contributed by atoms with Crippen molar-refractivity contribution in [2.24, 2.45) is 15.0 Å². The van der Waals surface area contributed by atoms with Crippen molar-refractivity contribution in [1.82, 2.24) is 4.98 Å². The first-order valence-electron chi connectivity index (χ1n) is 10.3. The van der Waals surface area contributed by atoms with E-state index < -0.39 is 5.60 Å². The molecule has 33 heavy (non-hydrogen) atoms. The number of hydrogen-bond donors (Lipinski definition) is 1.